The Kier molecular flexibility index (Phi) is 6.72. The van der Waals surface area contributed by atoms with E-state index in [1.807, 2.05) is 51.1 Å². The van der Waals surface area contributed by atoms with E-state index in [1.165, 1.54) is 6.08 Å². The van der Waals surface area contributed by atoms with Gasteiger partial charge < -0.3 is 14.5 Å². The molecule has 2 aromatic heterocycles. The normalized spacial score (nSPS) is 11.6. The molecule has 0 aliphatic rings. The summed E-state index contributed by atoms with van der Waals surface area (Å²) in [6.07, 6.45) is 3.19. The summed E-state index contributed by atoms with van der Waals surface area (Å²) in [6.45, 7) is 6.11. The van der Waals surface area contributed by atoms with Crippen molar-refractivity contribution in [1.29, 1.82) is 0 Å². The van der Waals surface area contributed by atoms with Crippen LogP contribution in [0.15, 0.2) is 65.3 Å². The molecule has 0 radical (unpaired) electrons. The highest BCUT2D eigenvalue weighted by atomic mass is 35.5. The summed E-state index contributed by atoms with van der Waals surface area (Å²) in [7, 11) is 0. The summed E-state index contributed by atoms with van der Waals surface area (Å²) in [5.41, 5.74) is 4.64. The van der Waals surface area contributed by atoms with Gasteiger partial charge in [-0.1, -0.05) is 35.3 Å². The second-order valence-corrected chi connectivity index (χ2v) is 8.38. The van der Waals surface area contributed by atoms with E-state index >= 15 is 0 Å². The van der Waals surface area contributed by atoms with Crippen molar-refractivity contribution in [3.63, 3.8) is 0 Å². The molecule has 0 saturated carbocycles. The standard InChI is InChI=1S/C26H22Cl2N2O3/c1-4-32-23-13-24-20(21(14-33-24)18-9-8-17(27)11-22(18)28)12-19(23)15(2)10-26(31)30-25-7-5-6-16(3)29-25/h5-14H,4H2,1-3H3,(H,29,30,31)/b15-10+. The molecule has 2 heterocycles. The van der Waals surface area contributed by atoms with E-state index in [4.69, 9.17) is 32.4 Å². The van der Waals surface area contributed by atoms with Crippen molar-refractivity contribution in [1.82, 2.24) is 4.98 Å². The number of ether oxygens (including phenoxy) is 1. The summed E-state index contributed by atoms with van der Waals surface area (Å²) >= 11 is 12.5. The number of fused-ring (bicyclic) bond motifs is 1. The van der Waals surface area contributed by atoms with E-state index in [0.29, 0.717) is 33.8 Å². The molecule has 168 valence electrons. The molecule has 1 N–H and O–H groups in total. The summed E-state index contributed by atoms with van der Waals surface area (Å²) in [5.74, 6) is 0.851. The zero-order chi connectivity index (χ0) is 23.5. The number of hydrogen-bond acceptors (Lipinski definition) is 4. The fraction of sp³-hybridized carbons (Fsp3) is 0.154. The topological polar surface area (TPSA) is 64.4 Å². The second-order valence-electron chi connectivity index (χ2n) is 7.53. The molecule has 0 atom stereocenters. The first-order chi connectivity index (χ1) is 15.9. The van der Waals surface area contributed by atoms with Crippen LogP contribution in [0.5, 0.6) is 5.75 Å². The molecule has 0 aliphatic carbocycles. The van der Waals surface area contributed by atoms with Crippen LogP contribution in [0.2, 0.25) is 10.0 Å². The Morgan fingerprint density at radius 3 is 2.70 bits per heavy atom. The van der Waals surface area contributed by atoms with Gasteiger partial charge >= 0.3 is 0 Å². The minimum absolute atomic E-state index is 0.277. The monoisotopic (exact) mass is 480 g/mol. The minimum atomic E-state index is -0.277. The molecule has 4 aromatic rings. The number of hydrogen-bond donors (Lipinski definition) is 1. The number of aryl methyl sites for hydroxylation is 1. The number of nitrogens with one attached hydrogen (secondary N) is 1. The van der Waals surface area contributed by atoms with Crippen molar-refractivity contribution in [2.75, 3.05) is 11.9 Å². The van der Waals surface area contributed by atoms with Gasteiger partial charge in [0.25, 0.3) is 0 Å². The van der Waals surface area contributed by atoms with Crippen molar-refractivity contribution in [3.8, 4) is 16.9 Å². The van der Waals surface area contributed by atoms with Crippen LogP contribution < -0.4 is 10.1 Å². The number of allylic oxidation sites excluding steroid dienone is 1. The minimum Gasteiger partial charge on any atom is -0.493 e. The number of nitrogens with zero attached hydrogens (tertiary/aromatic N) is 1. The quantitative estimate of drug-likeness (QED) is 0.289. The first-order valence-electron chi connectivity index (χ1n) is 10.4. The summed E-state index contributed by atoms with van der Waals surface area (Å²) in [5, 5.41) is 4.74. The molecule has 2 aromatic carbocycles. The fourth-order valence-electron chi connectivity index (χ4n) is 3.60. The van der Waals surface area contributed by atoms with Crippen LogP contribution in [-0.2, 0) is 4.79 Å². The number of carbonyl (C=O) groups excluding carboxylic acids is 1. The third kappa shape index (κ3) is 5.05. The van der Waals surface area contributed by atoms with E-state index in [2.05, 4.69) is 10.3 Å². The molecule has 0 aliphatic heterocycles. The Labute approximate surface area is 202 Å². The number of furan rings is 1. The third-order valence-corrected chi connectivity index (χ3v) is 5.66. The van der Waals surface area contributed by atoms with Crippen molar-refractivity contribution in [2.45, 2.75) is 20.8 Å². The van der Waals surface area contributed by atoms with Crippen LogP contribution in [0.4, 0.5) is 5.82 Å². The van der Waals surface area contributed by atoms with E-state index < -0.39 is 0 Å². The zero-order valence-electron chi connectivity index (χ0n) is 18.4. The van der Waals surface area contributed by atoms with Crippen LogP contribution >= 0.6 is 23.2 Å². The maximum absolute atomic E-state index is 12.6. The molecular weight excluding hydrogens is 459 g/mol. The lowest BCUT2D eigenvalue weighted by molar-refractivity contribution is -0.111. The predicted octanol–water partition coefficient (Wildman–Crippen LogP) is 7.55. The first-order valence-corrected chi connectivity index (χ1v) is 11.2. The van der Waals surface area contributed by atoms with Crippen LogP contribution in [0.1, 0.15) is 25.1 Å². The van der Waals surface area contributed by atoms with E-state index in [0.717, 1.165) is 33.3 Å². The number of pyridine rings is 1. The maximum atomic E-state index is 12.6. The molecular formula is C26H22Cl2N2O3. The highest BCUT2D eigenvalue weighted by molar-refractivity contribution is 6.36. The maximum Gasteiger partial charge on any atom is 0.249 e. The van der Waals surface area contributed by atoms with Crippen molar-refractivity contribution < 1.29 is 13.9 Å². The number of aromatic nitrogens is 1. The Morgan fingerprint density at radius 2 is 1.97 bits per heavy atom. The highest BCUT2D eigenvalue weighted by Gasteiger charge is 2.17. The first kappa shape index (κ1) is 22.9. The molecule has 4 rings (SSSR count). The Balaban J connectivity index is 1.75. The van der Waals surface area contributed by atoms with Crippen LogP contribution in [0.3, 0.4) is 0 Å². The van der Waals surface area contributed by atoms with Crippen molar-refractivity contribution in [3.05, 3.63) is 82.2 Å². The second kappa shape index (κ2) is 9.69. The molecule has 0 fully saturated rings. The van der Waals surface area contributed by atoms with Crippen molar-refractivity contribution in [2.24, 2.45) is 0 Å². The van der Waals surface area contributed by atoms with E-state index in [1.54, 1.807) is 24.5 Å². The zero-order valence-corrected chi connectivity index (χ0v) is 19.9. The van der Waals surface area contributed by atoms with Gasteiger partial charge in [-0.3, -0.25) is 4.79 Å². The van der Waals surface area contributed by atoms with Gasteiger partial charge in [0.2, 0.25) is 5.91 Å². The van der Waals surface area contributed by atoms with E-state index in [9.17, 15) is 4.79 Å². The van der Waals surface area contributed by atoms with Gasteiger partial charge in [0, 0.05) is 44.9 Å². The number of benzene rings is 2. The number of amides is 1. The molecule has 5 nitrogen and oxygen atoms in total. The van der Waals surface area contributed by atoms with Crippen molar-refractivity contribution >= 4 is 51.5 Å². The molecule has 7 heteroatoms. The van der Waals surface area contributed by atoms with Gasteiger partial charge in [-0.25, -0.2) is 4.98 Å². The predicted molar refractivity (Wildman–Crippen MR) is 134 cm³/mol. The third-order valence-electron chi connectivity index (χ3n) is 5.11. The Morgan fingerprint density at radius 1 is 1.15 bits per heavy atom. The summed E-state index contributed by atoms with van der Waals surface area (Å²) in [4.78, 5) is 17.0. The Hall–Kier alpha value is -3.28. The van der Waals surface area contributed by atoms with Crippen LogP contribution in [-0.4, -0.2) is 17.5 Å². The van der Waals surface area contributed by atoms with Gasteiger partial charge in [0.15, 0.2) is 0 Å². The Bertz CT molecular complexity index is 1380. The number of halogens is 2. The molecule has 0 bridgehead atoms. The average molecular weight is 481 g/mol. The lowest BCUT2D eigenvalue weighted by Crippen LogP contribution is -2.10. The summed E-state index contributed by atoms with van der Waals surface area (Å²) < 4.78 is 11.7. The van der Waals surface area contributed by atoms with E-state index in [-0.39, 0.29) is 5.91 Å². The lowest BCUT2D eigenvalue weighted by Gasteiger charge is -2.12. The number of rotatable bonds is 6. The molecule has 0 saturated heterocycles. The fourth-order valence-corrected chi connectivity index (χ4v) is 4.11. The molecule has 33 heavy (non-hydrogen) atoms. The van der Waals surface area contributed by atoms with Crippen LogP contribution in [0, 0.1) is 6.92 Å². The number of anilines is 1. The lowest BCUT2D eigenvalue weighted by atomic mass is 9.99. The van der Waals surface area contributed by atoms with Gasteiger partial charge in [0.1, 0.15) is 17.2 Å². The van der Waals surface area contributed by atoms with Crippen LogP contribution in [0.25, 0.3) is 27.7 Å². The average Bonchev–Trinajstić information content (AvgIpc) is 3.16. The van der Waals surface area contributed by atoms with Gasteiger partial charge in [-0.05, 0) is 56.7 Å². The smallest absolute Gasteiger partial charge is 0.249 e. The van der Waals surface area contributed by atoms with Gasteiger partial charge in [-0.15, -0.1) is 0 Å². The summed E-state index contributed by atoms with van der Waals surface area (Å²) in [6, 6.07) is 14.6. The highest BCUT2D eigenvalue weighted by Crippen LogP contribution is 2.40. The molecule has 0 unspecified atom stereocenters. The molecule has 0 spiro atoms. The SMILES string of the molecule is CCOc1cc2occ(-c3ccc(Cl)cc3Cl)c2cc1/C(C)=C/C(=O)Nc1cccc(C)n1. The number of carbonyl (C=O) groups is 1. The van der Waals surface area contributed by atoms with Gasteiger partial charge in [0.05, 0.1) is 17.9 Å². The largest absolute Gasteiger partial charge is 0.493 e. The van der Waals surface area contributed by atoms with Gasteiger partial charge in [-0.2, -0.15) is 0 Å². The molecule has 1 amide bonds.